The maximum absolute atomic E-state index is 11.2. The zero-order valence-electron chi connectivity index (χ0n) is 10.3. The van der Waals surface area contributed by atoms with Crippen molar-refractivity contribution in [2.45, 2.75) is 6.92 Å². The van der Waals surface area contributed by atoms with E-state index in [0.717, 1.165) is 5.56 Å². The summed E-state index contributed by atoms with van der Waals surface area (Å²) in [5.41, 5.74) is 1.88. The van der Waals surface area contributed by atoms with Gasteiger partial charge in [0.15, 0.2) is 0 Å². The number of carbonyl (C=O) groups excluding carboxylic acids is 1. The standard InChI is InChI=1S/C13H13N3O3/c1-2-19-13(18)14-10-5-3-9(4-6-10)11-7-8-12(17)16-15-11/h3-8H,2H2,1H3,(H,14,18)(H,16,17). The average molecular weight is 259 g/mol. The third-order valence-corrected chi connectivity index (χ3v) is 2.38. The summed E-state index contributed by atoms with van der Waals surface area (Å²) in [6.45, 7) is 2.07. The fourth-order valence-corrected chi connectivity index (χ4v) is 1.51. The van der Waals surface area contributed by atoms with Crippen molar-refractivity contribution < 1.29 is 9.53 Å². The van der Waals surface area contributed by atoms with E-state index in [-0.39, 0.29) is 5.56 Å². The van der Waals surface area contributed by atoms with Gasteiger partial charge in [-0.05, 0) is 25.1 Å². The Morgan fingerprint density at radius 1 is 1.26 bits per heavy atom. The molecule has 1 heterocycles. The number of H-pyrrole nitrogens is 1. The van der Waals surface area contributed by atoms with Crippen LogP contribution in [0.1, 0.15) is 6.92 Å². The predicted molar refractivity (Wildman–Crippen MR) is 70.9 cm³/mol. The highest BCUT2D eigenvalue weighted by Crippen LogP contribution is 2.18. The normalized spacial score (nSPS) is 9.95. The molecule has 0 saturated heterocycles. The second-order valence-corrected chi connectivity index (χ2v) is 3.73. The smallest absolute Gasteiger partial charge is 0.411 e. The summed E-state index contributed by atoms with van der Waals surface area (Å²) in [6, 6.07) is 10.1. The number of aromatic amines is 1. The van der Waals surface area contributed by atoms with Crippen molar-refractivity contribution in [1.29, 1.82) is 0 Å². The molecule has 0 saturated carbocycles. The van der Waals surface area contributed by atoms with Gasteiger partial charge in [0.25, 0.3) is 5.56 Å². The fraction of sp³-hybridized carbons (Fsp3) is 0.154. The van der Waals surface area contributed by atoms with Gasteiger partial charge in [0, 0.05) is 17.3 Å². The van der Waals surface area contributed by atoms with Gasteiger partial charge in [-0.3, -0.25) is 10.1 Å². The van der Waals surface area contributed by atoms with Crippen LogP contribution in [-0.2, 0) is 4.74 Å². The maximum atomic E-state index is 11.2. The molecule has 0 aliphatic rings. The van der Waals surface area contributed by atoms with Crippen LogP contribution in [0.4, 0.5) is 10.5 Å². The van der Waals surface area contributed by atoms with Gasteiger partial charge in [0.05, 0.1) is 12.3 Å². The Balaban J connectivity index is 2.12. The van der Waals surface area contributed by atoms with Gasteiger partial charge < -0.3 is 4.74 Å². The van der Waals surface area contributed by atoms with Crippen molar-refractivity contribution in [2.75, 3.05) is 11.9 Å². The Bertz CT molecular complexity index is 599. The minimum Gasteiger partial charge on any atom is -0.450 e. The lowest BCUT2D eigenvalue weighted by molar-refractivity contribution is 0.168. The molecule has 0 aliphatic heterocycles. The number of amides is 1. The van der Waals surface area contributed by atoms with Crippen LogP contribution in [0.25, 0.3) is 11.3 Å². The van der Waals surface area contributed by atoms with E-state index in [2.05, 4.69) is 15.5 Å². The summed E-state index contributed by atoms with van der Waals surface area (Å²) in [5, 5.41) is 8.88. The largest absolute Gasteiger partial charge is 0.450 e. The van der Waals surface area contributed by atoms with E-state index in [1.54, 1.807) is 37.3 Å². The van der Waals surface area contributed by atoms with Gasteiger partial charge in [-0.25, -0.2) is 9.89 Å². The number of carbonyl (C=O) groups is 1. The number of anilines is 1. The lowest BCUT2D eigenvalue weighted by atomic mass is 10.1. The van der Waals surface area contributed by atoms with Crippen molar-refractivity contribution in [3.05, 3.63) is 46.8 Å². The third kappa shape index (κ3) is 3.41. The zero-order valence-corrected chi connectivity index (χ0v) is 10.3. The number of hydrogen-bond donors (Lipinski definition) is 2. The first-order valence-corrected chi connectivity index (χ1v) is 5.79. The van der Waals surface area contributed by atoms with Gasteiger partial charge in [0.1, 0.15) is 0 Å². The Morgan fingerprint density at radius 3 is 2.58 bits per heavy atom. The number of benzene rings is 1. The highest BCUT2D eigenvalue weighted by atomic mass is 16.5. The summed E-state index contributed by atoms with van der Waals surface area (Å²) in [6.07, 6.45) is -0.489. The van der Waals surface area contributed by atoms with Gasteiger partial charge in [-0.2, -0.15) is 5.10 Å². The summed E-state index contributed by atoms with van der Waals surface area (Å²) < 4.78 is 4.77. The number of hydrogen-bond acceptors (Lipinski definition) is 4. The molecule has 0 aliphatic carbocycles. The predicted octanol–water partition coefficient (Wildman–Crippen LogP) is 2.01. The SMILES string of the molecule is CCOC(=O)Nc1ccc(-c2ccc(=O)[nH]n2)cc1. The highest BCUT2D eigenvalue weighted by molar-refractivity contribution is 5.85. The van der Waals surface area contributed by atoms with E-state index in [9.17, 15) is 9.59 Å². The molecule has 1 aromatic heterocycles. The monoisotopic (exact) mass is 259 g/mol. The van der Waals surface area contributed by atoms with Crippen LogP contribution in [0.3, 0.4) is 0 Å². The van der Waals surface area contributed by atoms with Crippen LogP contribution >= 0.6 is 0 Å². The molecule has 0 unspecified atom stereocenters. The fourth-order valence-electron chi connectivity index (χ4n) is 1.51. The highest BCUT2D eigenvalue weighted by Gasteiger charge is 2.03. The molecule has 0 atom stereocenters. The summed E-state index contributed by atoms with van der Waals surface area (Å²) in [7, 11) is 0. The van der Waals surface area contributed by atoms with Crippen molar-refractivity contribution in [1.82, 2.24) is 10.2 Å². The Morgan fingerprint density at radius 2 is 2.00 bits per heavy atom. The molecule has 0 bridgehead atoms. The minimum absolute atomic E-state index is 0.246. The van der Waals surface area contributed by atoms with Gasteiger partial charge in [0.2, 0.25) is 0 Å². The average Bonchev–Trinajstić information content (AvgIpc) is 2.41. The molecular weight excluding hydrogens is 246 g/mol. The number of aromatic nitrogens is 2. The molecule has 0 radical (unpaired) electrons. The van der Waals surface area contributed by atoms with E-state index in [1.165, 1.54) is 6.07 Å². The van der Waals surface area contributed by atoms with E-state index in [4.69, 9.17) is 4.74 Å². The van der Waals surface area contributed by atoms with Crippen LogP contribution in [-0.4, -0.2) is 22.9 Å². The van der Waals surface area contributed by atoms with Crippen molar-refractivity contribution >= 4 is 11.8 Å². The van der Waals surface area contributed by atoms with Crippen LogP contribution in [0, 0.1) is 0 Å². The van der Waals surface area contributed by atoms with Gasteiger partial charge >= 0.3 is 6.09 Å². The van der Waals surface area contributed by atoms with Crippen LogP contribution in [0.5, 0.6) is 0 Å². The molecule has 98 valence electrons. The van der Waals surface area contributed by atoms with E-state index >= 15 is 0 Å². The molecule has 0 fully saturated rings. The Labute approximate surface area is 109 Å². The molecule has 1 aromatic carbocycles. The van der Waals surface area contributed by atoms with Gasteiger partial charge in [-0.1, -0.05) is 12.1 Å². The number of ether oxygens (including phenoxy) is 1. The van der Waals surface area contributed by atoms with Crippen LogP contribution < -0.4 is 10.9 Å². The summed E-state index contributed by atoms with van der Waals surface area (Å²) in [5.74, 6) is 0. The number of rotatable bonds is 3. The van der Waals surface area contributed by atoms with E-state index < -0.39 is 6.09 Å². The van der Waals surface area contributed by atoms with E-state index in [0.29, 0.717) is 18.0 Å². The molecule has 2 N–H and O–H groups in total. The van der Waals surface area contributed by atoms with Crippen molar-refractivity contribution in [2.24, 2.45) is 0 Å². The lowest BCUT2D eigenvalue weighted by Gasteiger charge is -2.06. The van der Waals surface area contributed by atoms with Crippen molar-refractivity contribution in [3.63, 3.8) is 0 Å². The quantitative estimate of drug-likeness (QED) is 0.883. The molecule has 1 amide bonds. The molecule has 0 spiro atoms. The molecular formula is C13H13N3O3. The Kier molecular flexibility index (Phi) is 3.92. The van der Waals surface area contributed by atoms with E-state index in [1.807, 2.05) is 0 Å². The summed E-state index contributed by atoms with van der Waals surface area (Å²) >= 11 is 0. The van der Waals surface area contributed by atoms with Crippen LogP contribution in [0.15, 0.2) is 41.2 Å². The minimum atomic E-state index is -0.489. The first kappa shape index (κ1) is 12.8. The first-order chi connectivity index (χ1) is 9.19. The Hall–Kier alpha value is -2.63. The molecule has 19 heavy (non-hydrogen) atoms. The first-order valence-electron chi connectivity index (χ1n) is 5.79. The third-order valence-electron chi connectivity index (χ3n) is 2.38. The summed E-state index contributed by atoms with van der Waals surface area (Å²) in [4.78, 5) is 22.1. The maximum Gasteiger partial charge on any atom is 0.411 e. The number of nitrogens with zero attached hydrogens (tertiary/aromatic N) is 1. The molecule has 6 nitrogen and oxygen atoms in total. The second-order valence-electron chi connectivity index (χ2n) is 3.73. The zero-order chi connectivity index (χ0) is 13.7. The number of nitrogens with one attached hydrogen (secondary N) is 2. The van der Waals surface area contributed by atoms with Gasteiger partial charge in [-0.15, -0.1) is 0 Å². The second kappa shape index (κ2) is 5.81. The topological polar surface area (TPSA) is 84.1 Å². The van der Waals surface area contributed by atoms with Crippen molar-refractivity contribution in [3.8, 4) is 11.3 Å². The molecule has 6 heteroatoms. The molecule has 2 rings (SSSR count). The van der Waals surface area contributed by atoms with Crippen LogP contribution in [0.2, 0.25) is 0 Å². The lowest BCUT2D eigenvalue weighted by Crippen LogP contribution is -2.13. The molecule has 2 aromatic rings.